The highest BCUT2D eigenvalue weighted by Gasteiger charge is 2.34. The maximum absolute atomic E-state index is 5.51. The fraction of sp³-hybridized carbons (Fsp3) is 1.00. The molecule has 0 aliphatic carbocycles. The first-order chi connectivity index (χ1) is 6.29. The highest BCUT2D eigenvalue weighted by atomic mass is 32.2. The third-order valence-electron chi connectivity index (χ3n) is 2.25. The summed E-state index contributed by atoms with van der Waals surface area (Å²) >= 11 is 1.87. The van der Waals surface area contributed by atoms with Gasteiger partial charge in [0.05, 0.1) is 24.6 Å². The molecule has 0 amide bonds. The molecule has 0 aromatic rings. The summed E-state index contributed by atoms with van der Waals surface area (Å²) in [4.78, 5) is 0. The van der Waals surface area contributed by atoms with Crippen LogP contribution in [0.5, 0.6) is 0 Å². The lowest BCUT2D eigenvalue weighted by Crippen LogP contribution is -2.29. The SMILES string of the molecule is B[C@@H]1OCC(OC)[C@@H]1SCCOC. The molecule has 1 aliphatic rings. The van der Waals surface area contributed by atoms with E-state index in [-0.39, 0.29) is 6.10 Å². The Kier molecular flexibility index (Phi) is 5.17. The molecular formula is C8H17BO3S. The summed E-state index contributed by atoms with van der Waals surface area (Å²) in [6.07, 6.45) is 0.247. The number of hydrogen-bond donors (Lipinski definition) is 0. The summed E-state index contributed by atoms with van der Waals surface area (Å²) in [5, 5.41) is 0.458. The Bertz CT molecular complexity index is 147. The van der Waals surface area contributed by atoms with Crippen molar-refractivity contribution >= 4 is 19.6 Å². The van der Waals surface area contributed by atoms with Gasteiger partial charge in [-0.25, -0.2) is 0 Å². The summed E-state index contributed by atoms with van der Waals surface area (Å²) < 4.78 is 15.9. The Morgan fingerprint density at radius 2 is 2.31 bits per heavy atom. The zero-order chi connectivity index (χ0) is 9.68. The van der Waals surface area contributed by atoms with Crippen molar-refractivity contribution in [1.29, 1.82) is 0 Å². The minimum atomic E-state index is 0.247. The molecule has 3 nitrogen and oxygen atoms in total. The van der Waals surface area contributed by atoms with Crippen molar-refractivity contribution < 1.29 is 14.2 Å². The van der Waals surface area contributed by atoms with Gasteiger partial charge in [-0.1, -0.05) is 0 Å². The third kappa shape index (κ3) is 3.16. The lowest BCUT2D eigenvalue weighted by atomic mass is 9.96. The van der Waals surface area contributed by atoms with Crippen LogP contribution in [0.25, 0.3) is 0 Å². The van der Waals surface area contributed by atoms with Gasteiger partial charge in [0.1, 0.15) is 7.85 Å². The monoisotopic (exact) mass is 204 g/mol. The van der Waals surface area contributed by atoms with Crippen LogP contribution in [0.4, 0.5) is 0 Å². The van der Waals surface area contributed by atoms with Gasteiger partial charge in [-0.05, 0) is 0 Å². The Labute approximate surface area is 84.9 Å². The summed E-state index contributed by atoms with van der Waals surface area (Å²) in [5.74, 6) is 1.01. The molecule has 3 atom stereocenters. The number of rotatable bonds is 5. The van der Waals surface area contributed by atoms with Crippen molar-refractivity contribution in [2.24, 2.45) is 0 Å². The summed E-state index contributed by atoms with van der Waals surface area (Å²) in [7, 11) is 5.57. The molecule has 0 radical (unpaired) electrons. The molecule has 1 saturated heterocycles. The lowest BCUT2D eigenvalue weighted by molar-refractivity contribution is 0.0797. The molecule has 13 heavy (non-hydrogen) atoms. The largest absolute Gasteiger partial charge is 0.384 e. The van der Waals surface area contributed by atoms with Gasteiger partial charge in [0.15, 0.2) is 0 Å². The molecule has 1 heterocycles. The summed E-state index contributed by atoms with van der Waals surface area (Å²) in [5.41, 5.74) is 0. The van der Waals surface area contributed by atoms with Crippen molar-refractivity contribution in [2.45, 2.75) is 17.4 Å². The van der Waals surface area contributed by atoms with E-state index in [9.17, 15) is 0 Å². The van der Waals surface area contributed by atoms with Crippen molar-refractivity contribution in [3.05, 3.63) is 0 Å². The van der Waals surface area contributed by atoms with E-state index in [1.54, 1.807) is 14.2 Å². The minimum Gasteiger partial charge on any atom is -0.384 e. The highest BCUT2D eigenvalue weighted by Crippen LogP contribution is 2.26. The van der Waals surface area contributed by atoms with Crippen LogP contribution in [0.3, 0.4) is 0 Å². The van der Waals surface area contributed by atoms with Gasteiger partial charge < -0.3 is 14.2 Å². The van der Waals surface area contributed by atoms with Crippen LogP contribution in [0.1, 0.15) is 0 Å². The number of hydrogen-bond acceptors (Lipinski definition) is 4. The Balaban J connectivity index is 2.27. The molecule has 5 heteroatoms. The van der Waals surface area contributed by atoms with Crippen molar-refractivity contribution in [3.8, 4) is 0 Å². The second-order valence-corrected chi connectivity index (χ2v) is 4.43. The van der Waals surface area contributed by atoms with Crippen LogP contribution in [-0.4, -0.2) is 58.4 Å². The van der Waals surface area contributed by atoms with Gasteiger partial charge in [0.2, 0.25) is 0 Å². The first kappa shape index (κ1) is 11.4. The van der Waals surface area contributed by atoms with Crippen molar-refractivity contribution in [3.63, 3.8) is 0 Å². The molecule has 1 aliphatic heterocycles. The van der Waals surface area contributed by atoms with Gasteiger partial charge in [-0.3, -0.25) is 0 Å². The Hall–Kier alpha value is 0.295. The number of methoxy groups -OCH3 is 2. The van der Waals surface area contributed by atoms with Crippen LogP contribution < -0.4 is 0 Å². The normalized spacial score (nSPS) is 33.8. The molecule has 0 spiro atoms. The molecule has 76 valence electrons. The molecule has 1 unspecified atom stereocenters. The first-order valence-corrected chi connectivity index (χ1v) is 5.59. The standard InChI is InChI=1S/C8H17BO3S/c1-10-3-4-13-7-6(11-2)5-12-8(7)9/h6-8H,3-5,9H2,1-2H3/t6?,7-,8+/m0/s1. The zero-order valence-corrected chi connectivity index (χ0v) is 9.30. The smallest absolute Gasteiger partial charge is 0.140 e. The van der Waals surface area contributed by atoms with E-state index in [0.29, 0.717) is 11.3 Å². The molecule has 0 aromatic heterocycles. The van der Waals surface area contributed by atoms with Gasteiger partial charge in [0, 0.05) is 26.0 Å². The van der Waals surface area contributed by atoms with E-state index in [1.165, 1.54) is 0 Å². The second-order valence-electron chi connectivity index (χ2n) is 3.14. The van der Waals surface area contributed by atoms with Crippen molar-refractivity contribution in [1.82, 2.24) is 0 Å². The average molecular weight is 204 g/mol. The Morgan fingerprint density at radius 3 is 2.92 bits per heavy atom. The fourth-order valence-corrected chi connectivity index (χ4v) is 2.74. The molecule has 1 rings (SSSR count). The molecule has 1 fully saturated rings. The highest BCUT2D eigenvalue weighted by molar-refractivity contribution is 8.00. The van der Waals surface area contributed by atoms with Gasteiger partial charge in [-0.2, -0.15) is 11.8 Å². The first-order valence-electron chi connectivity index (χ1n) is 4.54. The zero-order valence-electron chi connectivity index (χ0n) is 8.49. The summed E-state index contributed by atoms with van der Waals surface area (Å²) in [6, 6.07) is 0.298. The second kappa shape index (κ2) is 5.91. The van der Waals surface area contributed by atoms with Crippen LogP contribution >= 0.6 is 11.8 Å². The van der Waals surface area contributed by atoms with Crippen LogP contribution in [0, 0.1) is 0 Å². The number of ether oxygens (including phenoxy) is 3. The van der Waals surface area contributed by atoms with E-state index < -0.39 is 0 Å². The van der Waals surface area contributed by atoms with Gasteiger partial charge in [-0.15, -0.1) is 0 Å². The average Bonchev–Trinajstić information content (AvgIpc) is 2.48. The maximum Gasteiger partial charge on any atom is 0.140 e. The van der Waals surface area contributed by atoms with Crippen LogP contribution in [0.2, 0.25) is 0 Å². The summed E-state index contributed by atoms with van der Waals surface area (Å²) in [6.45, 7) is 1.52. The predicted octanol–water partition coefficient (Wildman–Crippen LogP) is -0.261. The van der Waals surface area contributed by atoms with Crippen LogP contribution in [-0.2, 0) is 14.2 Å². The van der Waals surface area contributed by atoms with Crippen molar-refractivity contribution in [2.75, 3.05) is 33.2 Å². The van der Waals surface area contributed by atoms with E-state index >= 15 is 0 Å². The van der Waals surface area contributed by atoms with E-state index in [1.807, 2.05) is 11.8 Å². The topological polar surface area (TPSA) is 27.7 Å². The third-order valence-corrected chi connectivity index (χ3v) is 3.73. The lowest BCUT2D eigenvalue weighted by Gasteiger charge is -2.18. The van der Waals surface area contributed by atoms with Gasteiger partial charge in [0.25, 0.3) is 0 Å². The molecular weight excluding hydrogens is 187 g/mol. The quantitative estimate of drug-likeness (QED) is 0.455. The minimum absolute atomic E-state index is 0.247. The van der Waals surface area contributed by atoms with E-state index in [0.717, 1.165) is 19.0 Å². The maximum atomic E-state index is 5.51. The molecule has 0 aromatic carbocycles. The van der Waals surface area contributed by atoms with E-state index in [2.05, 4.69) is 7.85 Å². The number of thioether (sulfide) groups is 1. The molecule has 0 saturated carbocycles. The van der Waals surface area contributed by atoms with Gasteiger partial charge >= 0.3 is 0 Å². The predicted molar refractivity (Wildman–Crippen MR) is 57.2 cm³/mol. The van der Waals surface area contributed by atoms with E-state index in [4.69, 9.17) is 14.2 Å². The molecule has 0 N–H and O–H groups in total. The van der Waals surface area contributed by atoms with Crippen LogP contribution in [0.15, 0.2) is 0 Å². The Morgan fingerprint density at radius 1 is 1.54 bits per heavy atom. The fourth-order valence-electron chi connectivity index (χ4n) is 1.45. The molecule has 0 bridgehead atoms.